The summed E-state index contributed by atoms with van der Waals surface area (Å²) in [4.78, 5) is 39.9. The van der Waals surface area contributed by atoms with Crippen LogP contribution in [0.25, 0.3) is 5.76 Å². The third-order valence-electron chi connectivity index (χ3n) is 6.30. The van der Waals surface area contributed by atoms with Crippen molar-refractivity contribution in [2.24, 2.45) is 23.5 Å². The van der Waals surface area contributed by atoms with Crippen LogP contribution in [0.15, 0.2) is 35.1 Å². The van der Waals surface area contributed by atoms with Gasteiger partial charge in [0.15, 0.2) is 11.6 Å². The van der Waals surface area contributed by atoms with Gasteiger partial charge in [-0.15, -0.1) is 0 Å². The summed E-state index contributed by atoms with van der Waals surface area (Å²) in [5.74, 6) is -5.51. The minimum Gasteiger partial charge on any atom is -0.510 e. The van der Waals surface area contributed by atoms with Gasteiger partial charge in [-0.3, -0.25) is 19.3 Å². The smallest absolute Gasteiger partial charge is 0.255 e. The quantitative estimate of drug-likeness (QED) is 0.427. The summed E-state index contributed by atoms with van der Waals surface area (Å²) >= 11 is 0. The van der Waals surface area contributed by atoms with Crippen LogP contribution >= 0.6 is 0 Å². The minimum atomic E-state index is -1.22. The first-order valence-corrected chi connectivity index (χ1v) is 9.37. The molecule has 0 saturated heterocycles. The molecule has 8 heteroatoms. The van der Waals surface area contributed by atoms with Gasteiger partial charge in [0.1, 0.15) is 22.8 Å². The number of benzene rings is 1. The predicted octanol–water partition coefficient (Wildman–Crippen LogP) is 0.849. The topological polar surface area (TPSA) is 141 Å². The van der Waals surface area contributed by atoms with E-state index < -0.39 is 46.7 Å². The van der Waals surface area contributed by atoms with E-state index in [9.17, 15) is 29.7 Å². The molecule has 0 radical (unpaired) electrons. The molecule has 0 spiro atoms. The van der Waals surface area contributed by atoms with Crippen LogP contribution in [0.1, 0.15) is 17.5 Å². The molecule has 1 fully saturated rings. The van der Waals surface area contributed by atoms with E-state index in [0.29, 0.717) is 18.4 Å². The first-order valence-electron chi connectivity index (χ1n) is 9.37. The van der Waals surface area contributed by atoms with Crippen LogP contribution < -0.4 is 5.73 Å². The highest BCUT2D eigenvalue weighted by molar-refractivity contribution is 6.28. The van der Waals surface area contributed by atoms with E-state index in [1.807, 2.05) is 0 Å². The molecule has 0 aliphatic heterocycles. The fourth-order valence-electron chi connectivity index (χ4n) is 5.20. The van der Waals surface area contributed by atoms with Crippen LogP contribution in [0.3, 0.4) is 0 Å². The molecule has 4 rings (SSSR count). The summed E-state index contributed by atoms with van der Waals surface area (Å²) in [7, 11) is 3.38. The highest BCUT2D eigenvalue weighted by atomic mass is 16.3. The molecule has 152 valence electrons. The van der Waals surface area contributed by atoms with Gasteiger partial charge in [-0.2, -0.15) is 0 Å². The zero-order valence-electron chi connectivity index (χ0n) is 16.0. The molecule has 3 unspecified atom stereocenters. The van der Waals surface area contributed by atoms with Gasteiger partial charge in [-0.25, -0.2) is 0 Å². The van der Waals surface area contributed by atoms with Gasteiger partial charge in [0, 0.05) is 5.57 Å². The van der Waals surface area contributed by atoms with Crippen molar-refractivity contribution >= 4 is 23.2 Å². The number of aliphatic hydroxyl groups excluding tert-OH is 2. The Labute approximate surface area is 166 Å². The summed E-state index contributed by atoms with van der Waals surface area (Å²) in [6.45, 7) is 0. The highest BCUT2D eigenvalue weighted by Gasteiger charge is 2.55. The molecule has 3 aliphatic carbocycles. The van der Waals surface area contributed by atoms with Crippen LogP contribution in [0.2, 0.25) is 0 Å². The average Bonchev–Trinajstić information content (AvgIpc) is 2.60. The van der Waals surface area contributed by atoms with Crippen molar-refractivity contribution in [3.63, 3.8) is 0 Å². The second-order valence-electron chi connectivity index (χ2n) is 8.11. The van der Waals surface area contributed by atoms with Crippen molar-refractivity contribution < 1.29 is 29.7 Å². The summed E-state index contributed by atoms with van der Waals surface area (Å²) in [6.07, 6.45) is 0.773. The summed E-state index contributed by atoms with van der Waals surface area (Å²) in [5.41, 5.74) is 5.76. The normalized spacial score (nSPS) is 28.9. The Hall–Kier alpha value is -3.13. The lowest BCUT2D eigenvalue weighted by molar-refractivity contribution is -0.136. The van der Waals surface area contributed by atoms with E-state index in [1.54, 1.807) is 31.1 Å². The van der Waals surface area contributed by atoms with Gasteiger partial charge in [0.2, 0.25) is 0 Å². The van der Waals surface area contributed by atoms with Crippen LogP contribution in [-0.4, -0.2) is 57.8 Å². The second-order valence-corrected chi connectivity index (χ2v) is 8.11. The number of primary amides is 1. The molecule has 1 aromatic rings. The Morgan fingerprint density at radius 3 is 2.45 bits per heavy atom. The molecule has 1 saturated carbocycles. The lowest BCUT2D eigenvalue weighted by Gasteiger charge is -2.46. The Morgan fingerprint density at radius 2 is 1.83 bits per heavy atom. The van der Waals surface area contributed by atoms with Crippen LogP contribution in [0, 0.1) is 17.8 Å². The molecule has 1 aromatic carbocycles. The lowest BCUT2D eigenvalue weighted by atomic mass is 9.59. The van der Waals surface area contributed by atoms with Gasteiger partial charge in [0.05, 0.1) is 17.5 Å². The number of likely N-dealkylation sites (N-methyl/N-ethyl adjacent to an activating group) is 1. The number of aromatic hydroxyl groups is 1. The summed E-state index contributed by atoms with van der Waals surface area (Å²) in [5, 5.41) is 31.6. The van der Waals surface area contributed by atoms with Crippen molar-refractivity contribution in [3.8, 4) is 5.75 Å². The Bertz CT molecular complexity index is 1020. The average molecular weight is 398 g/mol. The molecule has 8 nitrogen and oxygen atoms in total. The molecule has 1 amide bonds. The van der Waals surface area contributed by atoms with Crippen molar-refractivity contribution in [1.82, 2.24) is 4.90 Å². The number of phenolic OH excluding ortho intramolecular Hbond substituents is 1. The van der Waals surface area contributed by atoms with Crippen LogP contribution in [0.4, 0.5) is 0 Å². The first kappa shape index (κ1) is 19.2. The molecule has 5 N–H and O–H groups in total. The van der Waals surface area contributed by atoms with E-state index in [-0.39, 0.29) is 28.6 Å². The lowest BCUT2D eigenvalue weighted by Crippen LogP contribution is -2.55. The molecule has 4 atom stereocenters. The number of carbonyl (C=O) groups is 3. The highest BCUT2D eigenvalue weighted by Crippen LogP contribution is 2.50. The third kappa shape index (κ3) is 2.59. The van der Waals surface area contributed by atoms with Gasteiger partial charge in [-0.1, -0.05) is 12.1 Å². The maximum Gasteiger partial charge on any atom is 0.255 e. The molecule has 0 aromatic heterocycles. The zero-order valence-corrected chi connectivity index (χ0v) is 16.0. The van der Waals surface area contributed by atoms with Gasteiger partial charge < -0.3 is 21.1 Å². The number of fused-ring (bicyclic) bond motifs is 3. The number of ketones is 2. The number of phenols is 1. The largest absolute Gasteiger partial charge is 0.510 e. The van der Waals surface area contributed by atoms with Crippen molar-refractivity contribution in [1.29, 1.82) is 0 Å². The SMILES string of the molecule is CN(C)[C@@H]1C(O)=C(C(N)=O)C(=O)C2C(=O)C3=C(O)c4c(O)cccc4CC3CC21. The minimum absolute atomic E-state index is 0.0938. The number of rotatable bonds is 2. The van der Waals surface area contributed by atoms with E-state index in [4.69, 9.17) is 5.73 Å². The monoisotopic (exact) mass is 398 g/mol. The predicted molar refractivity (Wildman–Crippen MR) is 103 cm³/mol. The zero-order chi connectivity index (χ0) is 21.2. The van der Waals surface area contributed by atoms with E-state index in [0.717, 1.165) is 0 Å². The van der Waals surface area contributed by atoms with Crippen molar-refractivity contribution in [2.45, 2.75) is 18.9 Å². The van der Waals surface area contributed by atoms with Crippen LogP contribution in [-0.2, 0) is 20.8 Å². The number of nitrogens with zero attached hydrogens (tertiary/aromatic N) is 1. The molecule has 0 heterocycles. The number of hydrogen-bond acceptors (Lipinski definition) is 7. The number of aliphatic hydroxyl groups is 2. The number of nitrogens with two attached hydrogens (primary N) is 1. The van der Waals surface area contributed by atoms with Gasteiger partial charge >= 0.3 is 0 Å². The van der Waals surface area contributed by atoms with Crippen molar-refractivity contribution in [2.75, 3.05) is 14.1 Å². The first-order chi connectivity index (χ1) is 13.6. The molecular weight excluding hydrogens is 376 g/mol. The Balaban J connectivity index is 1.89. The number of hydrogen-bond donors (Lipinski definition) is 4. The van der Waals surface area contributed by atoms with E-state index in [1.165, 1.54) is 6.07 Å². The Morgan fingerprint density at radius 1 is 1.14 bits per heavy atom. The summed E-state index contributed by atoms with van der Waals surface area (Å²) < 4.78 is 0. The number of Topliss-reactive ketones (excluding diaryl/α,β-unsaturated/α-hetero) is 2. The second kappa shape index (κ2) is 6.45. The fourth-order valence-corrected chi connectivity index (χ4v) is 5.20. The maximum absolute atomic E-state index is 13.4. The van der Waals surface area contributed by atoms with Crippen LogP contribution in [0.5, 0.6) is 5.75 Å². The van der Waals surface area contributed by atoms with E-state index >= 15 is 0 Å². The molecule has 0 bridgehead atoms. The standard InChI is InChI=1S/C21H22N2O6/c1-23(2)16-10-7-9-6-8-4-3-5-11(24)12(8)17(25)13(9)18(26)14(10)19(27)15(20(16)28)21(22)29/h3-5,9-10,14,16,24-25,28H,6-7H2,1-2H3,(H2,22,29)/t9?,10?,14?,16-/m0/s1. The van der Waals surface area contributed by atoms with E-state index in [2.05, 4.69) is 0 Å². The van der Waals surface area contributed by atoms with Gasteiger partial charge in [-0.05, 0) is 50.4 Å². The number of carbonyl (C=O) groups excluding carboxylic acids is 3. The molecule has 3 aliphatic rings. The summed E-state index contributed by atoms with van der Waals surface area (Å²) in [6, 6.07) is 4.14. The molecule has 29 heavy (non-hydrogen) atoms. The molecular formula is C21H22N2O6. The number of allylic oxidation sites excluding steroid dienone is 1. The third-order valence-corrected chi connectivity index (χ3v) is 6.30. The maximum atomic E-state index is 13.4. The van der Waals surface area contributed by atoms with Crippen molar-refractivity contribution in [3.05, 3.63) is 46.2 Å². The van der Waals surface area contributed by atoms with Gasteiger partial charge in [0.25, 0.3) is 5.91 Å². The Kier molecular flexibility index (Phi) is 4.27. The number of amides is 1. The fraction of sp³-hybridized carbons (Fsp3) is 0.381.